The summed E-state index contributed by atoms with van der Waals surface area (Å²) in [6.07, 6.45) is 3.21. The van der Waals surface area contributed by atoms with E-state index in [-0.39, 0.29) is 36.5 Å². The monoisotopic (exact) mass is 337 g/mol. The van der Waals surface area contributed by atoms with Gasteiger partial charge in [-0.15, -0.1) is 0 Å². The van der Waals surface area contributed by atoms with Gasteiger partial charge in [0.25, 0.3) is 0 Å². The summed E-state index contributed by atoms with van der Waals surface area (Å²) in [6, 6.07) is -0.577. The van der Waals surface area contributed by atoms with E-state index in [0.29, 0.717) is 18.8 Å². The van der Waals surface area contributed by atoms with Crippen LogP contribution < -0.4 is 11.1 Å². The number of morpholine rings is 1. The van der Waals surface area contributed by atoms with Crippen molar-refractivity contribution in [1.29, 1.82) is 0 Å². The Morgan fingerprint density at radius 1 is 1.38 bits per heavy atom. The maximum Gasteiger partial charge on any atom is 0.244 e. The van der Waals surface area contributed by atoms with Crippen LogP contribution in [0.1, 0.15) is 27.7 Å². The first-order valence-electron chi connectivity index (χ1n) is 8.28. The van der Waals surface area contributed by atoms with Crippen LogP contribution in [0.2, 0.25) is 0 Å². The SMILES string of the molecule is CC1CN(C(=O)Cn2cc(NC(=O)[C@@H](N)C(C)C)cn2)CC(C)O1. The molecule has 1 aliphatic rings. The largest absolute Gasteiger partial charge is 0.372 e. The lowest BCUT2D eigenvalue weighted by Gasteiger charge is -2.35. The molecule has 0 aromatic carbocycles. The van der Waals surface area contributed by atoms with Crippen LogP contribution in [-0.4, -0.2) is 57.8 Å². The summed E-state index contributed by atoms with van der Waals surface area (Å²) in [6.45, 7) is 8.97. The van der Waals surface area contributed by atoms with Crippen molar-refractivity contribution in [3.05, 3.63) is 12.4 Å². The van der Waals surface area contributed by atoms with Crippen LogP contribution in [0.25, 0.3) is 0 Å². The highest BCUT2D eigenvalue weighted by Crippen LogP contribution is 2.12. The van der Waals surface area contributed by atoms with Crippen molar-refractivity contribution in [3.8, 4) is 0 Å². The van der Waals surface area contributed by atoms with Gasteiger partial charge in [0.2, 0.25) is 11.8 Å². The second-order valence-electron chi connectivity index (χ2n) is 6.74. The van der Waals surface area contributed by atoms with E-state index < -0.39 is 6.04 Å². The van der Waals surface area contributed by atoms with Gasteiger partial charge >= 0.3 is 0 Å². The van der Waals surface area contributed by atoms with Gasteiger partial charge in [-0.25, -0.2) is 0 Å². The third-order valence-corrected chi connectivity index (χ3v) is 3.99. The highest BCUT2D eigenvalue weighted by molar-refractivity contribution is 5.94. The van der Waals surface area contributed by atoms with E-state index in [2.05, 4.69) is 10.4 Å². The zero-order valence-corrected chi connectivity index (χ0v) is 14.7. The summed E-state index contributed by atoms with van der Waals surface area (Å²) in [5.41, 5.74) is 6.34. The maximum absolute atomic E-state index is 12.4. The number of nitrogens with one attached hydrogen (secondary N) is 1. The molecule has 0 radical (unpaired) electrons. The van der Waals surface area contributed by atoms with Crippen LogP contribution in [0.4, 0.5) is 5.69 Å². The summed E-state index contributed by atoms with van der Waals surface area (Å²) in [5.74, 6) is -0.226. The van der Waals surface area contributed by atoms with Gasteiger partial charge in [-0.2, -0.15) is 5.10 Å². The number of anilines is 1. The van der Waals surface area contributed by atoms with Gasteiger partial charge in [0.15, 0.2) is 0 Å². The molecule has 1 fully saturated rings. The minimum atomic E-state index is -0.577. The van der Waals surface area contributed by atoms with Crippen LogP contribution in [0.5, 0.6) is 0 Å². The van der Waals surface area contributed by atoms with Crippen molar-refractivity contribution >= 4 is 17.5 Å². The van der Waals surface area contributed by atoms with Crippen molar-refractivity contribution < 1.29 is 14.3 Å². The lowest BCUT2D eigenvalue weighted by Crippen LogP contribution is -2.49. The molecule has 1 saturated heterocycles. The number of carbonyl (C=O) groups is 2. The number of hydrogen-bond acceptors (Lipinski definition) is 5. The van der Waals surface area contributed by atoms with Gasteiger partial charge in [-0.1, -0.05) is 13.8 Å². The fourth-order valence-electron chi connectivity index (χ4n) is 2.66. The molecule has 1 aromatic heterocycles. The third-order valence-electron chi connectivity index (χ3n) is 3.99. The molecule has 0 spiro atoms. The Bertz CT molecular complexity index is 576. The van der Waals surface area contributed by atoms with Crippen LogP contribution >= 0.6 is 0 Å². The zero-order chi connectivity index (χ0) is 17.9. The van der Waals surface area contributed by atoms with Crippen molar-refractivity contribution in [1.82, 2.24) is 14.7 Å². The smallest absolute Gasteiger partial charge is 0.244 e. The molecule has 2 amide bonds. The molecular weight excluding hydrogens is 310 g/mol. The van der Waals surface area contributed by atoms with Crippen LogP contribution in [0, 0.1) is 5.92 Å². The average Bonchev–Trinajstić information content (AvgIpc) is 2.92. The second-order valence-corrected chi connectivity index (χ2v) is 6.74. The van der Waals surface area contributed by atoms with Crippen molar-refractivity contribution in [2.24, 2.45) is 11.7 Å². The molecule has 8 heteroatoms. The number of nitrogens with zero attached hydrogens (tertiary/aromatic N) is 3. The molecule has 1 aromatic rings. The highest BCUT2D eigenvalue weighted by Gasteiger charge is 2.26. The topological polar surface area (TPSA) is 102 Å². The molecule has 2 rings (SSSR count). The third kappa shape index (κ3) is 4.78. The van der Waals surface area contributed by atoms with Crippen molar-refractivity contribution in [3.63, 3.8) is 0 Å². The van der Waals surface area contributed by atoms with E-state index in [1.807, 2.05) is 27.7 Å². The van der Waals surface area contributed by atoms with E-state index in [1.165, 1.54) is 10.9 Å². The molecule has 2 heterocycles. The van der Waals surface area contributed by atoms with Gasteiger partial charge in [0, 0.05) is 19.3 Å². The first kappa shape index (κ1) is 18.4. The molecule has 0 bridgehead atoms. The molecule has 0 saturated carbocycles. The Hall–Kier alpha value is -1.93. The number of aromatic nitrogens is 2. The fraction of sp³-hybridized carbons (Fsp3) is 0.688. The first-order chi connectivity index (χ1) is 11.3. The molecule has 3 N–H and O–H groups in total. The molecule has 8 nitrogen and oxygen atoms in total. The van der Waals surface area contributed by atoms with Crippen LogP contribution in [0.15, 0.2) is 12.4 Å². The van der Waals surface area contributed by atoms with Gasteiger partial charge in [0.05, 0.1) is 30.1 Å². The minimum Gasteiger partial charge on any atom is -0.372 e. The maximum atomic E-state index is 12.4. The Labute approximate surface area is 142 Å². The van der Waals surface area contributed by atoms with Gasteiger partial charge < -0.3 is 20.7 Å². The number of ether oxygens (including phenoxy) is 1. The number of carbonyl (C=O) groups excluding carboxylic acids is 2. The molecule has 1 aliphatic heterocycles. The Morgan fingerprint density at radius 3 is 2.58 bits per heavy atom. The summed E-state index contributed by atoms with van der Waals surface area (Å²) >= 11 is 0. The normalized spacial score (nSPS) is 22.5. The van der Waals surface area contributed by atoms with Gasteiger partial charge in [-0.3, -0.25) is 14.3 Å². The Balaban J connectivity index is 1.91. The Kier molecular flexibility index (Phi) is 5.95. The number of hydrogen-bond donors (Lipinski definition) is 2. The summed E-state index contributed by atoms with van der Waals surface area (Å²) in [5, 5.41) is 6.85. The van der Waals surface area contributed by atoms with Gasteiger partial charge in [-0.05, 0) is 19.8 Å². The summed E-state index contributed by atoms with van der Waals surface area (Å²) < 4.78 is 7.15. The number of rotatable bonds is 5. The predicted molar refractivity (Wildman–Crippen MR) is 90.3 cm³/mol. The molecular formula is C16H27N5O3. The zero-order valence-electron chi connectivity index (χ0n) is 14.7. The van der Waals surface area contributed by atoms with E-state index >= 15 is 0 Å². The fourth-order valence-corrected chi connectivity index (χ4v) is 2.66. The standard InChI is InChI=1S/C16H27N5O3/c1-10(2)15(17)16(23)19-13-5-18-21(8-13)9-14(22)20-6-11(3)24-12(4)7-20/h5,8,10-12,15H,6-7,9,17H2,1-4H3,(H,19,23)/t11?,12?,15-/m0/s1. The molecule has 0 aliphatic carbocycles. The number of nitrogens with two attached hydrogens (primary N) is 1. The lowest BCUT2D eigenvalue weighted by atomic mass is 10.1. The second kappa shape index (κ2) is 7.76. The molecule has 134 valence electrons. The van der Waals surface area contributed by atoms with E-state index in [4.69, 9.17) is 10.5 Å². The quantitative estimate of drug-likeness (QED) is 0.812. The van der Waals surface area contributed by atoms with Crippen LogP contribution in [0.3, 0.4) is 0 Å². The molecule has 2 unspecified atom stereocenters. The lowest BCUT2D eigenvalue weighted by molar-refractivity contribution is -0.144. The Morgan fingerprint density at radius 2 is 2.00 bits per heavy atom. The van der Waals surface area contributed by atoms with E-state index in [0.717, 1.165) is 0 Å². The molecule has 24 heavy (non-hydrogen) atoms. The van der Waals surface area contributed by atoms with E-state index in [1.54, 1.807) is 11.1 Å². The summed E-state index contributed by atoms with van der Waals surface area (Å²) in [7, 11) is 0. The number of amides is 2. The highest BCUT2D eigenvalue weighted by atomic mass is 16.5. The van der Waals surface area contributed by atoms with Gasteiger partial charge in [0.1, 0.15) is 6.54 Å². The van der Waals surface area contributed by atoms with Crippen molar-refractivity contribution in [2.45, 2.75) is 52.5 Å². The summed E-state index contributed by atoms with van der Waals surface area (Å²) in [4.78, 5) is 26.1. The van der Waals surface area contributed by atoms with E-state index in [9.17, 15) is 9.59 Å². The van der Waals surface area contributed by atoms with Crippen molar-refractivity contribution in [2.75, 3.05) is 18.4 Å². The predicted octanol–water partition coefficient (Wildman–Crippen LogP) is 0.441. The average molecular weight is 337 g/mol. The van der Waals surface area contributed by atoms with Crippen LogP contribution in [-0.2, 0) is 20.9 Å². The minimum absolute atomic E-state index is 0.0168. The molecule has 3 atom stereocenters. The first-order valence-corrected chi connectivity index (χ1v) is 8.28.